The zero-order valence-corrected chi connectivity index (χ0v) is 24.9. The Hall–Kier alpha value is -6.45. The lowest BCUT2D eigenvalue weighted by Gasteiger charge is -2.21. The lowest BCUT2D eigenvalue weighted by atomic mass is 10.0. The summed E-state index contributed by atoms with van der Waals surface area (Å²) in [5.41, 5.74) is 3.95. The molecule has 4 aromatic carbocycles. The van der Waals surface area contributed by atoms with Crippen molar-refractivity contribution in [3.8, 4) is 11.9 Å². The number of nitrogens with zero attached hydrogens (tertiary/aromatic N) is 5. The molecule has 2 aromatic heterocycles. The van der Waals surface area contributed by atoms with Crippen molar-refractivity contribution in [2.75, 3.05) is 10.6 Å². The largest absolute Gasteiger partial charge is 0.358 e. The highest BCUT2D eigenvalue weighted by Gasteiger charge is 2.21. The Morgan fingerprint density at radius 1 is 0.826 bits per heavy atom. The van der Waals surface area contributed by atoms with Crippen molar-refractivity contribution in [2.45, 2.75) is 25.6 Å². The van der Waals surface area contributed by atoms with Gasteiger partial charge in [-0.15, -0.1) is 0 Å². The first-order valence-corrected chi connectivity index (χ1v) is 14.8. The van der Waals surface area contributed by atoms with Crippen LogP contribution in [0.3, 0.4) is 0 Å². The number of rotatable bonds is 11. The summed E-state index contributed by atoms with van der Waals surface area (Å²) in [4.78, 5) is 26.7. The molecule has 0 bridgehead atoms. The van der Waals surface area contributed by atoms with Crippen LogP contribution >= 0.6 is 0 Å². The molecular formula is C37H30N8O. The van der Waals surface area contributed by atoms with Gasteiger partial charge in [0, 0.05) is 38.0 Å². The number of fused-ring (bicyclic) bond motifs is 1. The summed E-state index contributed by atoms with van der Waals surface area (Å²) in [7, 11) is 0. The van der Waals surface area contributed by atoms with Crippen molar-refractivity contribution in [3.05, 3.63) is 155 Å². The number of nitrogens with one attached hydrogen (secondary N) is 3. The molecular weight excluding hydrogens is 572 g/mol. The Morgan fingerprint density at radius 2 is 1.61 bits per heavy atom. The van der Waals surface area contributed by atoms with Gasteiger partial charge in [0.25, 0.3) is 0 Å². The van der Waals surface area contributed by atoms with Gasteiger partial charge in [-0.25, -0.2) is 4.85 Å². The third kappa shape index (κ3) is 7.36. The Balaban J connectivity index is 1.28. The number of benzene rings is 4. The number of carbonyl (C=O) groups excluding carboxylic acids is 1. The minimum atomic E-state index is -0.656. The van der Waals surface area contributed by atoms with Gasteiger partial charge in [0.1, 0.15) is 17.7 Å². The number of anilines is 2. The van der Waals surface area contributed by atoms with E-state index >= 15 is 0 Å². The molecule has 1 amide bonds. The third-order valence-electron chi connectivity index (χ3n) is 7.51. The van der Waals surface area contributed by atoms with E-state index < -0.39 is 6.04 Å². The van der Waals surface area contributed by atoms with Crippen molar-refractivity contribution in [3.63, 3.8) is 0 Å². The second-order valence-corrected chi connectivity index (χ2v) is 10.8. The van der Waals surface area contributed by atoms with Gasteiger partial charge < -0.3 is 20.5 Å². The fourth-order valence-electron chi connectivity index (χ4n) is 5.13. The Labute approximate surface area is 267 Å². The summed E-state index contributed by atoms with van der Waals surface area (Å²) < 4.78 is 1.87. The summed E-state index contributed by atoms with van der Waals surface area (Å²) in [6.45, 7) is 7.92. The van der Waals surface area contributed by atoms with E-state index in [1.165, 1.54) is 0 Å². The van der Waals surface area contributed by atoms with Gasteiger partial charge in [-0.2, -0.15) is 15.2 Å². The van der Waals surface area contributed by atoms with E-state index in [-0.39, 0.29) is 5.91 Å². The second kappa shape index (κ2) is 13.9. The topological polar surface area (TPSA) is 112 Å². The highest BCUT2D eigenvalue weighted by Crippen LogP contribution is 2.21. The maximum atomic E-state index is 13.8. The van der Waals surface area contributed by atoms with Crippen molar-refractivity contribution in [1.82, 2.24) is 19.9 Å². The molecule has 2 heterocycles. The molecule has 224 valence electrons. The van der Waals surface area contributed by atoms with Gasteiger partial charge in [-0.05, 0) is 51.7 Å². The van der Waals surface area contributed by atoms with Crippen LogP contribution in [0.25, 0.3) is 21.4 Å². The van der Waals surface area contributed by atoms with Crippen LogP contribution in [-0.2, 0) is 24.3 Å². The number of hydrogen-bond acceptors (Lipinski definition) is 6. The first kappa shape index (κ1) is 29.6. The zero-order chi connectivity index (χ0) is 31.7. The molecule has 9 nitrogen and oxygen atoms in total. The highest BCUT2D eigenvalue weighted by molar-refractivity contribution is 5.86. The molecule has 0 aliphatic rings. The third-order valence-corrected chi connectivity index (χ3v) is 7.51. The summed E-state index contributed by atoms with van der Waals surface area (Å²) in [5, 5.41) is 21.2. The Morgan fingerprint density at radius 3 is 2.39 bits per heavy atom. The van der Waals surface area contributed by atoms with Gasteiger partial charge in [0.2, 0.25) is 11.9 Å². The van der Waals surface area contributed by atoms with Crippen molar-refractivity contribution >= 4 is 34.1 Å². The SMILES string of the molecule is [C-]#[N+]c1ccc(CNC(=O)[C@@H](Cc2ccc3ccccc3c2)Nc2cc(-n3cccc3)nc(NCc3cccc(C#N)c3)n2)cc1. The molecule has 0 aliphatic carbocycles. The lowest BCUT2D eigenvalue weighted by molar-refractivity contribution is -0.122. The second-order valence-electron chi connectivity index (χ2n) is 10.8. The number of carbonyl (C=O) groups is 1. The smallest absolute Gasteiger partial charge is 0.243 e. The maximum absolute atomic E-state index is 13.8. The number of nitriles is 1. The van der Waals surface area contributed by atoms with Crippen molar-refractivity contribution in [2.24, 2.45) is 0 Å². The predicted molar refractivity (Wildman–Crippen MR) is 179 cm³/mol. The Kier molecular flexibility index (Phi) is 8.94. The molecule has 3 N–H and O–H groups in total. The molecule has 0 saturated carbocycles. The monoisotopic (exact) mass is 602 g/mol. The lowest BCUT2D eigenvalue weighted by Crippen LogP contribution is -2.41. The van der Waals surface area contributed by atoms with Crippen LogP contribution in [0.2, 0.25) is 0 Å². The van der Waals surface area contributed by atoms with Crippen LogP contribution in [0.15, 0.2) is 122 Å². The van der Waals surface area contributed by atoms with Crippen LogP contribution < -0.4 is 16.0 Å². The van der Waals surface area contributed by atoms with Crippen LogP contribution in [-0.4, -0.2) is 26.5 Å². The highest BCUT2D eigenvalue weighted by atomic mass is 16.2. The zero-order valence-electron chi connectivity index (χ0n) is 24.9. The van der Waals surface area contributed by atoms with E-state index in [0.29, 0.717) is 48.3 Å². The fraction of sp³-hybridized carbons (Fsp3) is 0.108. The van der Waals surface area contributed by atoms with E-state index in [4.69, 9.17) is 16.5 Å². The molecule has 0 aliphatic heterocycles. The molecule has 6 rings (SSSR count). The fourth-order valence-corrected chi connectivity index (χ4v) is 5.13. The molecule has 0 radical (unpaired) electrons. The van der Waals surface area contributed by atoms with Crippen LogP contribution in [0.1, 0.15) is 22.3 Å². The molecule has 0 spiro atoms. The van der Waals surface area contributed by atoms with Crippen LogP contribution in [0.4, 0.5) is 17.5 Å². The predicted octanol–water partition coefficient (Wildman–Crippen LogP) is 6.79. The minimum absolute atomic E-state index is 0.189. The molecule has 1 atom stereocenters. The first-order valence-electron chi connectivity index (χ1n) is 14.8. The average molecular weight is 603 g/mol. The van der Waals surface area contributed by atoms with E-state index in [9.17, 15) is 10.1 Å². The van der Waals surface area contributed by atoms with Gasteiger partial charge >= 0.3 is 0 Å². The van der Waals surface area contributed by atoms with Gasteiger partial charge in [-0.1, -0.05) is 78.9 Å². The Bertz CT molecular complexity index is 2060. The van der Waals surface area contributed by atoms with Gasteiger partial charge in [0.05, 0.1) is 18.2 Å². The summed E-state index contributed by atoms with van der Waals surface area (Å²) in [6, 6.07) is 36.0. The van der Waals surface area contributed by atoms with Gasteiger partial charge in [-0.3, -0.25) is 4.79 Å². The first-order chi connectivity index (χ1) is 22.6. The normalized spacial score (nSPS) is 11.3. The quantitative estimate of drug-likeness (QED) is 0.141. The van der Waals surface area contributed by atoms with E-state index in [2.05, 4.69) is 51.1 Å². The standard InChI is InChI=1S/C37H30N8O/c1-39-32-15-12-26(13-16-32)24-40-36(46)33(21-27-11-14-30-9-2-3-10-31(30)20-27)42-34-22-35(45-17-4-5-18-45)44-37(43-34)41-25-29-8-6-7-28(19-29)23-38/h2-20,22,33H,21,24-25H2,(H,40,46)(H2,41,42,43,44)/t33-/m1/s1. The molecule has 0 fully saturated rings. The van der Waals surface area contributed by atoms with Crippen LogP contribution in [0.5, 0.6) is 0 Å². The summed E-state index contributed by atoms with van der Waals surface area (Å²) >= 11 is 0. The maximum Gasteiger partial charge on any atom is 0.243 e. The number of amides is 1. The minimum Gasteiger partial charge on any atom is -0.358 e. The van der Waals surface area contributed by atoms with E-state index in [1.54, 1.807) is 18.2 Å². The average Bonchev–Trinajstić information content (AvgIpc) is 3.65. The van der Waals surface area contributed by atoms with Crippen LogP contribution in [0, 0.1) is 17.9 Å². The molecule has 0 saturated heterocycles. The summed E-state index contributed by atoms with van der Waals surface area (Å²) in [5.74, 6) is 1.29. The number of hydrogen-bond donors (Lipinski definition) is 3. The number of aromatic nitrogens is 3. The van der Waals surface area contributed by atoms with Crippen molar-refractivity contribution < 1.29 is 4.79 Å². The molecule has 9 heteroatoms. The van der Waals surface area contributed by atoms with Gasteiger partial charge in [0.15, 0.2) is 5.69 Å². The van der Waals surface area contributed by atoms with Crippen molar-refractivity contribution in [1.29, 1.82) is 5.26 Å². The molecule has 0 unspecified atom stereocenters. The summed E-state index contributed by atoms with van der Waals surface area (Å²) in [6.07, 6.45) is 4.20. The molecule has 6 aromatic rings. The van der Waals surface area contributed by atoms with E-state index in [0.717, 1.165) is 27.5 Å². The molecule has 46 heavy (non-hydrogen) atoms. The van der Waals surface area contributed by atoms with E-state index in [1.807, 2.05) is 83.7 Å².